The molecule has 1 spiro atoms. The molecule has 1 saturated heterocycles. The second-order valence-corrected chi connectivity index (χ2v) is 7.97. The number of aromatic amines is 1. The number of nitrogens with zero attached hydrogens (tertiary/aromatic N) is 3. The van der Waals surface area contributed by atoms with Crippen molar-refractivity contribution < 1.29 is 4.79 Å². The SMILES string of the molecule is O=C(c1ccc(Cl)cc1)N1CCCN(c2ccnc3[nH]ccc23)CC12CC2. The van der Waals surface area contributed by atoms with E-state index in [1.165, 1.54) is 5.69 Å². The second-order valence-electron chi connectivity index (χ2n) is 7.53. The molecular weight excluding hydrogens is 360 g/mol. The van der Waals surface area contributed by atoms with Crippen LogP contribution in [0, 0.1) is 0 Å². The van der Waals surface area contributed by atoms with Crippen molar-refractivity contribution in [2.24, 2.45) is 0 Å². The first-order valence-electron chi connectivity index (χ1n) is 9.41. The molecule has 0 atom stereocenters. The van der Waals surface area contributed by atoms with Gasteiger partial charge in [0.05, 0.1) is 5.54 Å². The molecule has 1 amide bonds. The first-order valence-corrected chi connectivity index (χ1v) is 9.79. The Hall–Kier alpha value is -2.53. The summed E-state index contributed by atoms with van der Waals surface area (Å²) < 4.78 is 0. The van der Waals surface area contributed by atoms with Gasteiger partial charge < -0.3 is 14.8 Å². The molecule has 27 heavy (non-hydrogen) atoms. The maximum absolute atomic E-state index is 13.2. The lowest BCUT2D eigenvalue weighted by atomic mass is 10.1. The smallest absolute Gasteiger partial charge is 0.254 e. The minimum Gasteiger partial charge on any atom is -0.368 e. The molecule has 1 N–H and O–H groups in total. The van der Waals surface area contributed by atoms with Crippen molar-refractivity contribution in [1.29, 1.82) is 0 Å². The van der Waals surface area contributed by atoms with Gasteiger partial charge >= 0.3 is 0 Å². The number of nitrogens with one attached hydrogen (secondary N) is 1. The summed E-state index contributed by atoms with van der Waals surface area (Å²) in [5, 5.41) is 1.80. The monoisotopic (exact) mass is 380 g/mol. The number of carbonyl (C=O) groups is 1. The van der Waals surface area contributed by atoms with Gasteiger partial charge in [0.1, 0.15) is 5.65 Å². The second kappa shape index (κ2) is 6.27. The fourth-order valence-electron chi connectivity index (χ4n) is 4.24. The van der Waals surface area contributed by atoms with Crippen molar-refractivity contribution in [2.75, 3.05) is 24.5 Å². The molecule has 3 heterocycles. The number of fused-ring (bicyclic) bond motifs is 1. The first kappa shape index (κ1) is 16.6. The maximum atomic E-state index is 13.2. The molecular formula is C21H21ClN4O. The van der Waals surface area contributed by atoms with Crippen LogP contribution in [0.25, 0.3) is 11.0 Å². The van der Waals surface area contributed by atoms with Crippen LogP contribution >= 0.6 is 11.6 Å². The molecule has 3 aromatic rings. The molecule has 2 aliphatic rings. The molecule has 0 radical (unpaired) electrons. The zero-order valence-corrected chi connectivity index (χ0v) is 15.7. The lowest BCUT2D eigenvalue weighted by molar-refractivity contribution is 0.0670. The summed E-state index contributed by atoms with van der Waals surface area (Å²) in [6.45, 7) is 2.60. The Morgan fingerprint density at radius 2 is 1.93 bits per heavy atom. The average Bonchev–Trinajstić information content (AvgIpc) is 3.34. The van der Waals surface area contributed by atoms with Crippen molar-refractivity contribution in [1.82, 2.24) is 14.9 Å². The van der Waals surface area contributed by atoms with E-state index in [9.17, 15) is 4.79 Å². The Kier molecular flexibility index (Phi) is 3.86. The van der Waals surface area contributed by atoms with Crippen molar-refractivity contribution in [3.8, 4) is 0 Å². The maximum Gasteiger partial charge on any atom is 0.254 e. The highest BCUT2D eigenvalue weighted by atomic mass is 35.5. The van der Waals surface area contributed by atoms with E-state index in [0.717, 1.165) is 55.5 Å². The Morgan fingerprint density at radius 3 is 2.70 bits per heavy atom. The molecule has 6 heteroatoms. The number of carbonyl (C=O) groups excluding carboxylic acids is 1. The van der Waals surface area contributed by atoms with Crippen LogP contribution in [0.2, 0.25) is 5.02 Å². The van der Waals surface area contributed by atoms with Crippen LogP contribution in [-0.4, -0.2) is 45.9 Å². The lowest BCUT2D eigenvalue weighted by Crippen LogP contribution is -2.46. The third-order valence-corrected chi connectivity index (χ3v) is 6.06. The number of aromatic nitrogens is 2. The summed E-state index contributed by atoms with van der Waals surface area (Å²) in [4.78, 5) is 25.3. The normalized spacial score (nSPS) is 18.7. The van der Waals surface area contributed by atoms with Crippen molar-refractivity contribution in [3.63, 3.8) is 0 Å². The molecule has 1 aliphatic heterocycles. The number of anilines is 1. The number of pyridine rings is 1. The predicted octanol–water partition coefficient (Wildman–Crippen LogP) is 4.10. The summed E-state index contributed by atoms with van der Waals surface area (Å²) in [7, 11) is 0. The van der Waals surface area contributed by atoms with E-state index in [0.29, 0.717) is 5.02 Å². The first-order chi connectivity index (χ1) is 13.2. The quantitative estimate of drug-likeness (QED) is 0.728. The molecule has 0 bridgehead atoms. The van der Waals surface area contributed by atoms with Crippen LogP contribution in [0.15, 0.2) is 48.8 Å². The average molecular weight is 381 g/mol. The van der Waals surface area contributed by atoms with Crippen LogP contribution in [0.5, 0.6) is 0 Å². The highest BCUT2D eigenvalue weighted by Crippen LogP contribution is 2.45. The van der Waals surface area contributed by atoms with Gasteiger partial charge in [-0.15, -0.1) is 0 Å². The van der Waals surface area contributed by atoms with Crippen LogP contribution in [0.3, 0.4) is 0 Å². The van der Waals surface area contributed by atoms with E-state index in [1.807, 2.05) is 24.5 Å². The van der Waals surface area contributed by atoms with Gasteiger partial charge in [-0.2, -0.15) is 0 Å². The number of hydrogen-bond donors (Lipinski definition) is 1. The Bertz CT molecular complexity index is 993. The minimum atomic E-state index is -0.0564. The topological polar surface area (TPSA) is 52.2 Å². The van der Waals surface area contributed by atoms with E-state index < -0.39 is 0 Å². The summed E-state index contributed by atoms with van der Waals surface area (Å²) in [6.07, 6.45) is 6.86. The van der Waals surface area contributed by atoms with Crippen molar-refractivity contribution in [2.45, 2.75) is 24.8 Å². The van der Waals surface area contributed by atoms with Gasteiger partial charge in [0.15, 0.2) is 0 Å². The summed E-state index contributed by atoms with van der Waals surface area (Å²) in [5.41, 5.74) is 2.78. The van der Waals surface area contributed by atoms with Crippen molar-refractivity contribution >= 4 is 34.2 Å². The standard InChI is InChI=1S/C21H21ClN4O/c22-16-4-2-15(3-5-16)20(27)26-13-1-12-25(14-21(26)8-9-21)18-7-11-24-19-17(18)6-10-23-19/h2-7,10-11H,1,8-9,12-14H2,(H,23,24). The largest absolute Gasteiger partial charge is 0.368 e. The van der Waals surface area contributed by atoms with Crippen LogP contribution < -0.4 is 4.90 Å². The van der Waals surface area contributed by atoms with E-state index in [-0.39, 0.29) is 11.4 Å². The third kappa shape index (κ3) is 2.86. The van der Waals surface area contributed by atoms with Crippen LogP contribution in [0.4, 0.5) is 5.69 Å². The molecule has 1 aliphatic carbocycles. The van der Waals surface area contributed by atoms with E-state index >= 15 is 0 Å². The van der Waals surface area contributed by atoms with Gasteiger partial charge in [0.2, 0.25) is 0 Å². The molecule has 2 fully saturated rings. The number of benzene rings is 1. The molecule has 0 unspecified atom stereocenters. The minimum absolute atomic E-state index is 0.0564. The van der Waals surface area contributed by atoms with Crippen LogP contribution in [0.1, 0.15) is 29.6 Å². The number of hydrogen-bond acceptors (Lipinski definition) is 3. The van der Waals surface area contributed by atoms with E-state index in [4.69, 9.17) is 11.6 Å². The molecule has 5 nitrogen and oxygen atoms in total. The predicted molar refractivity (Wildman–Crippen MR) is 107 cm³/mol. The van der Waals surface area contributed by atoms with Gasteiger partial charge in [-0.25, -0.2) is 4.98 Å². The van der Waals surface area contributed by atoms with E-state index in [1.54, 1.807) is 12.1 Å². The van der Waals surface area contributed by atoms with Crippen molar-refractivity contribution in [3.05, 3.63) is 59.4 Å². The summed E-state index contributed by atoms with van der Waals surface area (Å²) in [6, 6.07) is 11.4. The number of rotatable bonds is 2. The van der Waals surface area contributed by atoms with Crippen LogP contribution in [-0.2, 0) is 0 Å². The fourth-order valence-corrected chi connectivity index (χ4v) is 4.37. The molecule has 138 valence electrons. The van der Waals surface area contributed by atoms with Gasteiger partial charge in [0, 0.05) is 53.7 Å². The molecule has 1 aromatic carbocycles. The number of halogens is 1. The van der Waals surface area contributed by atoms with E-state index in [2.05, 4.69) is 31.9 Å². The zero-order valence-electron chi connectivity index (χ0n) is 15.0. The lowest BCUT2D eigenvalue weighted by Gasteiger charge is -2.33. The Labute approximate surface area is 162 Å². The highest BCUT2D eigenvalue weighted by Gasteiger charge is 2.52. The number of H-pyrrole nitrogens is 1. The zero-order chi connectivity index (χ0) is 18.4. The van der Waals surface area contributed by atoms with Gasteiger partial charge in [0.25, 0.3) is 5.91 Å². The van der Waals surface area contributed by atoms with Gasteiger partial charge in [-0.05, 0) is 55.7 Å². The van der Waals surface area contributed by atoms with Gasteiger partial charge in [-0.1, -0.05) is 11.6 Å². The highest BCUT2D eigenvalue weighted by molar-refractivity contribution is 6.30. The third-order valence-electron chi connectivity index (χ3n) is 5.81. The van der Waals surface area contributed by atoms with Gasteiger partial charge in [-0.3, -0.25) is 4.79 Å². The molecule has 2 aromatic heterocycles. The fraction of sp³-hybridized carbons (Fsp3) is 0.333. The molecule has 5 rings (SSSR count). The Balaban J connectivity index is 1.45. The Morgan fingerprint density at radius 1 is 1.11 bits per heavy atom. The summed E-state index contributed by atoms with van der Waals surface area (Å²) in [5.74, 6) is 0.118. The number of amides is 1. The summed E-state index contributed by atoms with van der Waals surface area (Å²) >= 11 is 5.98. The molecule has 1 saturated carbocycles.